The molecule has 3 aromatic carbocycles. The fourth-order valence-corrected chi connectivity index (χ4v) is 8.89. The number of carbonyl (C=O) groups is 3. The van der Waals surface area contributed by atoms with Gasteiger partial charge in [-0.15, -0.1) is 0 Å². The van der Waals surface area contributed by atoms with E-state index in [4.69, 9.17) is 9.47 Å². The maximum Gasteiger partial charge on any atom is 0.415 e. The smallest absolute Gasteiger partial charge is 0.409 e. The van der Waals surface area contributed by atoms with Crippen LogP contribution in [0.15, 0.2) is 97.3 Å². The van der Waals surface area contributed by atoms with Gasteiger partial charge in [0.2, 0.25) is 0 Å². The Bertz CT molecular complexity index is 2570. The second-order valence-corrected chi connectivity index (χ2v) is 15.9. The summed E-state index contributed by atoms with van der Waals surface area (Å²) in [4.78, 5) is 55.5. The zero-order valence-corrected chi connectivity index (χ0v) is 34.1. The van der Waals surface area contributed by atoms with Crippen molar-refractivity contribution < 1.29 is 23.9 Å². The van der Waals surface area contributed by atoms with E-state index in [2.05, 4.69) is 34.1 Å². The summed E-state index contributed by atoms with van der Waals surface area (Å²) in [7, 11) is 5.65. The number of anilines is 1. The van der Waals surface area contributed by atoms with E-state index in [1.165, 1.54) is 5.56 Å². The van der Waals surface area contributed by atoms with Gasteiger partial charge in [0, 0.05) is 113 Å². The summed E-state index contributed by atoms with van der Waals surface area (Å²) in [5.74, 6) is 0.249. The highest BCUT2D eigenvalue weighted by Crippen LogP contribution is 2.36. The standard InChI is InChI=1S/C47H49N7O5/c1-31-39(45(55)51(4)36-12-6-5-7-13-36)27-42(50(31)3)40-25-33-15-19-53(47(57)59-43-14-17-48-44-38(43)16-18-49(44)2)28-35(33)26-41(40)46(56)54-29-34-11-9-8-10-32(34)24-37(54)30-52-20-22-58-23-21-52/h5-14,16-18,25-27,37H,15,19-24,28-30H2,1-4H3/t37-/m0/s1. The highest BCUT2D eigenvalue weighted by Gasteiger charge is 2.35. The van der Waals surface area contributed by atoms with E-state index in [1.807, 2.05) is 95.8 Å². The molecule has 1 fully saturated rings. The number of hydrogen-bond donors (Lipinski definition) is 0. The van der Waals surface area contributed by atoms with Gasteiger partial charge in [0.15, 0.2) is 0 Å². The molecule has 12 heteroatoms. The van der Waals surface area contributed by atoms with Gasteiger partial charge in [-0.2, -0.15) is 0 Å². The first-order chi connectivity index (χ1) is 28.6. The number of nitrogens with zero attached hydrogens (tertiary/aromatic N) is 7. The molecule has 0 spiro atoms. The molecule has 0 saturated carbocycles. The lowest BCUT2D eigenvalue weighted by Crippen LogP contribution is -2.52. The third-order valence-corrected chi connectivity index (χ3v) is 12.4. The number of aromatic nitrogens is 3. The molecule has 3 aromatic heterocycles. The van der Waals surface area contributed by atoms with Crippen molar-refractivity contribution in [3.63, 3.8) is 0 Å². The maximum absolute atomic E-state index is 15.4. The first kappa shape index (κ1) is 38.3. The molecule has 0 aliphatic carbocycles. The molecule has 1 saturated heterocycles. The van der Waals surface area contributed by atoms with E-state index >= 15 is 4.79 Å². The second kappa shape index (κ2) is 15.8. The van der Waals surface area contributed by atoms with Crippen LogP contribution in [0.3, 0.4) is 0 Å². The molecule has 1 atom stereocenters. The first-order valence-electron chi connectivity index (χ1n) is 20.3. The highest BCUT2D eigenvalue weighted by atomic mass is 16.6. The third-order valence-electron chi connectivity index (χ3n) is 12.4. The maximum atomic E-state index is 15.4. The number of morpholine rings is 1. The number of hydrogen-bond acceptors (Lipinski definition) is 7. The fraction of sp³-hybridized carbons (Fsp3) is 0.319. The summed E-state index contributed by atoms with van der Waals surface area (Å²) >= 11 is 0. The lowest BCUT2D eigenvalue weighted by molar-refractivity contribution is 0.0193. The number of ether oxygens (including phenoxy) is 2. The molecule has 0 N–H and O–H groups in total. The minimum atomic E-state index is -0.453. The Morgan fingerprint density at radius 1 is 0.847 bits per heavy atom. The molecule has 6 heterocycles. The highest BCUT2D eigenvalue weighted by molar-refractivity contribution is 6.08. The van der Waals surface area contributed by atoms with Gasteiger partial charge >= 0.3 is 6.09 Å². The average molecular weight is 792 g/mol. The topological polar surface area (TPSA) is 105 Å². The third kappa shape index (κ3) is 7.27. The minimum absolute atomic E-state index is 0.0622. The molecule has 6 aromatic rings. The molecule has 0 bridgehead atoms. The zero-order valence-electron chi connectivity index (χ0n) is 34.1. The first-order valence-corrected chi connectivity index (χ1v) is 20.3. The number of para-hydroxylation sites is 1. The van der Waals surface area contributed by atoms with Crippen molar-refractivity contribution in [2.45, 2.75) is 38.9 Å². The van der Waals surface area contributed by atoms with E-state index in [9.17, 15) is 9.59 Å². The van der Waals surface area contributed by atoms with Crippen LogP contribution in [-0.4, -0.2) is 99.2 Å². The van der Waals surface area contributed by atoms with Gasteiger partial charge < -0.3 is 33.3 Å². The van der Waals surface area contributed by atoms with Gasteiger partial charge in [0.05, 0.1) is 24.2 Å². The number of amides is 3. The molecule has 3 aliphatic heterocycles. The fourth-order valence-electron chi connectivity index (χ4n) is 8.89. The molecule has 12 nitrogen and oxygen atoms in total. The Hall–Kier alpha value is -6.24. The molecular weight excluding hydrogens is 743 g/mol. The Kier molecular flexibility index (Phi) is 10.3. The van der Waals surface area contributed by atoms with Crippen LogP contribution in [0.5, 0.6) is 5.75 Å². The van der Waals surface area contributed by atoms with Crippen molar-refractivity contribution in [1.82, 2.24) is 28.8 Å². The Morgan fingerprint density at radius 2 is 1.61 bits per heavy atom. The van der Waals surface area contributed by atoms with Gasteiger partial charge in [0.1, 0.15) is 11.4 Å². The summed E-state index contributed by atoms with van der Waals surface area (Å²) in [6.45, 7) is 6.90. The minimum Gasteiger partial charge on any atom is -0.409 e. The van der Waals surface area contributed by atoms with E-state index in [1.54, 1.807) is 29.1 Å². The SMILES string of the molecule is Cc1c(C(=O)N(C)c2ccccc2)cc(-c2cc3c(cc2C(=O)N2Cc4ccccc4C[C@H]2CN2CCOCC2)CN(C(=O)Oc2ccnc4c2ccn4C)CC3)n1C. The molecule has 3 amide bonds. The van der Waals surface area contributed by atoms with Crippen molar-refractivity contribution in [3.8, 4) is 17.0 Å². The lowest BCUT2D eigenvalue weighted by Gasteiger charge is -2.41. The van der Waals surface area contributed by atoms with Crippen LogP contribution in [0.1, 0.15) is 48.7 Å². The van der Waals surface area contributed by atoms with E-state index in [0.29, 0.717) is 49.6 Å². The quantitative estimate of drug-likeness (QED) is 0.179. The summed E-state index contributed by atoms with van der Waals surface area (Å²) in [6, 6.07) is 27.6. The van der Waals surface area contributed by atoms with Crippen LogP contribution in [0.25, 0.3) is 22.3 Å². The molecule has 3 aliphatic rings. The van der Waals surface area contributed by atoms with Crippen LogP contribution in [-0.2, 0) is 44.8 Å². The summed E-state index contributed by atoms with van der Waals surface area (Å²) in [6.07, 6.45) is 4.41. The number of fused-ring (bicyclic) bond motifs is 3. The largest absolute Gasteiger partial charge is 0.415 e. The lowest BCUT2D eigenvalue weighted by atomic mass is 9.89. The molecular formula is C47H49N7O5. The van der Waals surface area contributed by atoms with Gasteiger partial charge in [-0.25, -0.2) is 9.78 Å². The molecule has 59 heavy (non-hydrogen) atoms. The summed E-state index contributed by atoms with van der Waals surface area (Å²) in [5, 5.41) is 0.763. The van der Waals surface area contributed by atoms with Crippen molar-refractivity contribution >= 4 is 34.6 Å². The monoisotopic (exact) mass is 791 g/mol. The van der Waals surface area contributed by atoms with Crippen LogP contribution in [0.2, 0.25) is 0 Å². The predicted molar refractivity (Wildman–Crippen MR) is 227 cm³/mol. The average Bonchev–Trinajstić information content (AvgIpc) is 3.80. The van der Waals surface area contributed by atoms with Crippen LogP contribution < -0.4 is 9.64 Å². The van der Waals surface area contributed by atoms with E-state index < -0.39 is 6.09 Å². The predicted octanol–water partition coefficient (Wildman–Crippen LogP) is 6.62. The normalized spacial score (nSPS) is 16.8. The van der Waals surface area contributed by atoms with Crippen LogP contribution in [0, 0.1) is 6.92 Å². The number of rotatable bonds is 7. The van der Waals surface area contributed by atoms with Gasteiger partial charge in [0.25, 0.3) is 11.8 Å². The Labute approximate surface area is 344 Å². The molecule has 9 rings (SSSR count). The van der Waals surface area contributed by atoms with Crippen LogP contribution in [0.4, 0.5) is 10.5 Å². The Balaban J connectivity index is 1.10. The van der Waals surface area contributed by atoms with Gasteiger partial charge in [-0.05, 0) is 78.4 Å². The number of benzene rings is 3. The second-order valence-electron chi connectivity index (χ2n) is 15.9. The van der Waals surface area contributed by atoms with E-state index in [-0.39, 0.29) is 24.4 Å². The van der Waals surface area contributed by atoms with Crippen molar-refractivity contribution in [2.24, 2.45) is 14.1 Å². The molecule has 0 unspecified atom stereocenters. The van der Waals surface area contributed by atoms with Gasteiger partial charge in [-0.1, -0.05) is 42.5 Å². The van der Waals surface area contributed by atoms with E-state index in [0.717, 1.165) is 76.4 Å². The van der Waals surface area contributed by atoms with Crippen molar-refractivity contribution in [3.05, 3.63) is 136 Å². The molecule has 302 valence electrons. The van der Waals surface area contributed by atoms with Crippen molar-refractivity contribution in [1.29, 1.82) is 0 Å². The Morgan fingerprint density at radius 3 is 2.41 bits per heavy atom. The number of pyridine rings is 1. The number of carbonyl (C=O) groups excluding carboxylic acids is 3. The number of aryl methyl sites for hydroxylation is 1. The summed E-state index contributed by atoms with van der Waals surface area (Å²) in [5.41, 5.74) is 9.35. The molecule has 0 radical (unpaired) electrons. The summed E-state index contributed by atoms with van der Waals surface area (Å²) < 4.78 is 15.6. The van der Waals surface area contributed by atoms with Crippen molar-refractivity contribution in [2.75, 3.05) is 51.3 Å². The van der Waals surface area contributed by atoms with Gasteiger partial charge in [-0.3, -0.25) is 14.5 Å². The zero-order chi connectivity index (χ0) is 40.8. The van der Waals surface area contributed by atoms with Crippen LogP contribution >= 0.6 is 0 Å².